The molecule has 1 saturated heterocycles. The maximum atomic E-state index is 4.41. The van der Waals surface area contributed by atoms with E-state index >= 15 is 0 Å². The Labute approximate surface area is 108 Å². The number of hydrogen-bond acceptors (Lipinski definition) is 4. The highest BCUT2D eigenvalue weighted by Gasteiger charge is 2.23. The lowest BCUT2D eigenvalue weighted by atomic mass is 10.1. The molecule has 1 N–H and O–H groups in total. The van der Waals surface area contributed by atoms with Crippen LogP contribution in [0.4, 0.5) is 0 Å². The standard InChI is InChI=1S/C13H23N3S/c1-3-14-8-12-4-6-16(10-12)9-11(2)13-15-5-7-17-13/h5,7,11-12,14H,3-4,6,8-10H2,1-2H3. The Hall–Kier alpha value is -0.450. The van der Waals surface area contributed by atoms with Crippen LogP contribution in [0.2, 0.25) is 0 Å². The topological polar surface area (TPSA) is 28.2 Å². The van der Waals surface area contributed by atoms with Crippen LogP contribution in [-0.4, -0.2) is 42.6 Å². The van der Waals surface area contributed by atoms with E-state index in [1.54, 1.807) is 11.3 Å². The molecule has 2 atom stereocenters. The van der Waals surface area contributed by atoms with Gasteiger partial charge < -0.3 is 10.2 Å². The molecular formula is C13H23N3S. The van der Waals surface area contributed by atoms with Crippen LogP contribution in [0.3, 0.4) is 0 Å². The van der Waals surface area contributed by atoms with E-state index in [1.165, 1.54) is 31.1 Å². The predicted molar refractivity (Wildman–Crippen MR) is 73.6 cm³/mol. The SMILES string of the molecule is CCNCC1CCN(CC(C)c2nccs2)C1. The summed E-state index contributed by atoms with van der Waals surface area (Å²) in [6.45, 7) is 10.4. The Bertz CT molecular complexity index is 312. The normalized spacial score (nSPS) is 23.1. The van der Waals surface area contributed by atoms with Crippen LogP contribution in [0, 0.1) is 5.92 Å². The van der Waals surface area contributed by atoms with Gasteiger partial charge in [-0.3, -0.25) is 0 Å². The third-order valence-corrected chi connectivity index (χ3v) is 4.47. The molecule has 2 unspecified atom stereocenters. The van der Waals surface area contributed by atoms with Crippen molar-refractivity contribution in [2.45, 2.75) is 26.2 Å². The van der Waals surface area contributed by atoms with Crippen molar-refractivity contribution in [2.75, 3.05) is 32.7 Å². The summed E-state index contributed by atoms with van der Waals surface area (Å²) in [6.07, 6.45) is 3.26. The van der Waals surface area contributed by atoms with E-state index in [9.17, 15) is 0 Å². The van der Waals surface area contributed by atoms with Crippen LogP contribution in [0.25, 0.3) is 0 Å². The summed E-state index contributed by atoms with van der Waals surface area (Å²) in [7, 11) is 0. The van der Waals surface area contributed by atoms with Crippen LogP contribution >= 0.6 is 11.3 Å². The maximum Gasteiger partial charge on any atom is 0.0965 e. The molecule has 96 valence electrons. The molecule has 0 saturated carbocycles. The van der Waals surface area contributed by atoms with E-state index in [2.05, 4.69) is 34.4 Å². The van der Waals surface area contributed by atoms with Crippen molar-refractivity contribution >= 4 is 11.3 Å². The van der Waals surface area contributed by atoms with Gasteiger partial charge in [-0.2, -0.15) is 0 Å². The van der Waals surface area contributed by atoms with Gasteiger partial charge >= 0.3 is 0 Å². The highest BCUT2D eigenvalue weighted by molar-refractivity contribution is 7.09. The molecule has 0 amide bonds. The average molecular weight is 253 g/mol. The zero-order valence-corrected chi connectivity index (χ0v) is 11.7. The van der Waals surface area contributed by atoms with Crippen LogP contribution in [0.15, 0.2) is 11.6 Å². The Balaban J connectivity index is 1.74. The smallest absolute Gasteiger partial charge is 0.0965 e. The second-order valence-corrected chi connectivity index (χ2v) is 5.92. The lowest BCUT2D eigenvalue weighted by Gasteiger charge is -2.19. The molecule has 1 aliphatic rings. The molecule has 1 fully saturated rings. The molecule has 1 aromatic rings. The Morgan fingerprint density at radius 1 is 1.65 bits per heavy atom. The molecule has 0 bridgehead atoms. The first-order valence-corrected chi connectivity index (χ1v) is 7.50. The molecule has 17 heavy (non-hydrogen) atoms. The van der Waals surface area contributed by atoms with Gasteiger partial charge in [-0.05, 0) is 32.0 Å². The molecule has 1 aliphatic heterocycles. The van der Waals surface area contributed by atoms with Crippen molar-refractivity contribution in [3.8, 4) is 0 Å². The first-order valence-electron chi connectivity index (χ1n) is 6.62. The number of thiazole rings is 1. The van der Waals surface area contributed by atoms with E-state index in [-0.39, 0.29) is 0 Å². The van der Waals surface area contributed by atoms with Crippen LogP contribution in [0.1, 0.15) is 31.2 Å². The molecule has 2 rings (SSSR count). The number of nitrogens with zero attached hydrogens (tertiary/aromatic N) is 2. The minimum atomic E-state index is 0.577. The Kier molecular flexibility index (Phi) is 4.95. The minimum absolute atomic E-state index is 0.577. The average Bonchev–Trinajstić information content (AvgIpc) is 2.97. The fourth-order valence-electron chi connectivity index (χ4n) is 2.54. The van der Waals surface area contributed by atoms with Crippen LogP contribution in [0.5, 0.6) is 0 Å². The quantitative estimate of drug-likeness (QED) is 0.842. The summed E-state index contributed by atoms with van der Waals surface area (Å²) >= 11 is 1.78. The van der Waals surface area contributed by atoms with Crippen LogP contribution in [-0.2, 0) is 0 Å². The van der Waals surface area contributed by atoms with Crippen molar-refractivity contribution < 1.29 is 0 Å². The van der Waals surface area contributed by atoms with Gasteiger partial charge in [0.2, 0.25) is 0 Å². The molecule has 0 radical (unpaired) electrons. The van der Waals surface area contributed by atoms with E-state index in [1.807, 2.05) is 6.20 Å². The number of likely N-dealkylation sites (tertiary alicyclic amines) is 1. The largest absolute Gasteiger partial charge is 0.317 e. The van der Waals surface area contributed by atoms with Gasteiger partial charge in [-0.15, -0.1) is 11.3 Å². The van der Waals surface area contributed by atoms with Crippen molar-refractivity contribution in [3.63, 3.8) is 0 Å². The fourth-order valence-corrected chi connectivity index (χ4v) is 3.23. The zero-order chi connectivity index (χ0) is 12.1. The number of nitrogens with one attached hydrogen (secondary N) is 1. The predicted octanol–water partition coefficient (Wildman–Crippen LogP) is 2.18. The van der Waals surface area contributed by atoms with Gasteiger partial charge in [-0.25, -0.2) is 4.98 Å². The first-order chi connectivity index (χ1) is 8.29. The summed E-state index contributed by atoms with van der Waals surface area (Å²) in [5.74, 6) is 1.42. The third-order valence-electron chi connectivity index (χ3n) is 3.46. The van der Waals surface area contributed by atoms with Gasteiger partial charge in [0, 0.05) is 30.6 Å². The first kappa shape index (κ1) is 13.0. The second kappa shape index (κ2) is 6.47. The molecule has 3 nitrogen and oxygen atoms in total. The van der Waals surface area contributed by atoms with Crippen LogP contribution < -0.4 is 5.32 Å². The highest BCUT2D eigenvalue weighted by atomic mass is 32.1. The summed E-state index contributed by atoms with van der Waals surface area (Å²) < 4.78 is 0. The number of aromatic nitrogens is 1. The summed E-state index contributed by atoms with van der Waals surface area (Å²) in [5.41, 5.74) is 0. The molecular weight excluding hydrogens is 230 g/mol. The number of rotatable bonds is 6. The van der Waals surface area contributed by atoms with Gasteiger partial charge in [0.25, 0.3) is 0 Å². The van der Waals surface area contributed by atoms with E-state index in [0.717, 1.165) is 19.0 Å². The summed E-state index contributed by atoms with van der Waals surface area (Å²) in [5, 5.41) is 6.81. The molecule has 0 spiro atoms. The van der Waals surface area contributed by atoms with Crippen molar-refractivity contribution in [3.05, 3.63) is 16.6 Å². The molecule has 4 heteroatoms. The summed E-state index contributed by atoms with van der Waals surface area (Å²) in [4.78, 5) is 7.00. The molecule has 2 heterocycles. The van der Waals surface area contributed by atoms with E-state index in [4.69, 9.17) is 0 Å². The maximum absolute atomic E-state index is 4.41. The zero-order valence-electron chi connectivity index (χ0n) is 10.9. The Morgan fingerprint density at radius 2 is 2.53 bits per heavy atom. The number of hydrogen-bond donors (Lipinski definition) is 1. The van der Waals surface area contributed by atoms with Gasteiger partial charge in [-0.1, -0.05) is 13.8 Å². The highest BCUT2D eigenvalue weighted by Crippen LogP contribution is 2.22. The van der Waals surface area contributed by atoms with Gasteiger partial charge in [0.05, 0.1) is 5.01 Å². The van der Waals surface area contributed by atoms with E-state index < -0.39 is 0 Å². The molecule has 0 aromatic carbocycles. The van der Waals surface area contributed by atoms with Crippen molar-refractivity contribution in [1.82, 2.24) is 15.2 Å². The van der Waals surface area contributed by atoms with Gasteiger partial charge in [0.1, 0.15) is 0 Å². The summed E-state index contributed by atoms with van der Waals surface area (Å²) in [6, 6.07) is 0. The Morgan fingerprint density at radius 3 is 3.24 bits per heavy atom. The molecule has 0 aliphatic carbocycles. The van der Waals surface area contributed by atoms with Crippen molar-refractivity contribution in [1.29, 1.82) is 0 Å². The lowest BCUT2D eigenvalue weighted by Crippen LogP contribution is -2.28. The van der Waals surface area contributed by atoms with Gasteiger partial charge in [0.15, 0.2) is 0 Å². The third kappa shape index (κ3) is 3.76. The van der Waals surface area contributed by atoms with E-state index in [0.29, 0.717) is 5.92 Å². The molecule has 1 aromatic heterocycles. The minimum Gasteiger partial charge on any atom is -0.317 e. The monoisotopic (exact) mass is 253 g/mol. The van der Waals surface area contributed by atoms with Crippen molar-refractivity contribution in [2.24, 2.45) is 5.92 Å². The fraction of sp³-hybridized carbons (Fsp3) is 0.769. The second-order valence-electron chi connectivity index (χ2n) is 4.99. The lowest BCUT2D eigenvalue weighted by molar-refractivity contribution is 0.306.